The maximum atomic E-state index is 11.4. The van der Waals surface area contributed by atoms with Crippen molar-refractivity contribution < 1.29 is 19.1 Å². The average molecular weight is 251 g/mol. The van der Waals surface area contributed by atoms with Crippen molar-refractivity contribution in [1.82, 2.24) is 0 Å². The number of nitrogens with two attached hydrogens (primary N) is 1. The smallest absolute Gasteiger partial charge is 0.312 e. The highest BCUT2D eigenvalue weighted by Crippen LogP contribution is 2.15. The third-order valence-corrected chi connectivity index (χ3v) is 2.37. The Balaban J connectivity index is 2.33. The number of esters is 1. The van der Waals surface area contributed by atoms with Gasteiger partial charge in [0.1, 0.15) is 24.9 Å². The number of allylic oxidation sites excluding steroid dienone is 4. The summed E-state index contributed by atoms with van der Waals surface area (Å²) in [7, 11) is 0. The molecule has 0 fully saturated rings. The lowest BCUT2D eigenvalue weighted by Gasteiger charge is -2.14. The Morgan fingerprint density at radius 2 is 2.33 bits per heavy atom. The van der Waals surface area contributed by atoms with Gasteiger partial charge >= 0.3 is 5.97 Å². The standard InChI is InChI=1S/C13H17NO4/c1-10(13(16)17-7-6-14)9-18-12-4-2-11(8-15)3-5-12/h2,4-5,10H,3,6-7,9,14H2,1H3. The molecule has 5 heteroatoms. The Bertz CT molecular complexity index is 405. The number of hydrogen-bond acceptors (Lipinski definition) is 5. The molecular formula is C13H17NO4. The summed E-state index contributed by atoms with van der Waals surface area (Å²) >= 11 is 0. The van der Waals surface area contributed by atoms with Crippen LogP contribution < -0.4 is 5.73 Å². The van der Waals surface area contributed by atoms with Crippen molar-refractivity contribution in [3.05, 3.63) is 29.6 Å². The van der Waals surface area contributed by atoms with E-state index in [1.165, 1.54) is 0 Å². The monoisotopic (exact) mass is 251 g/mol. The van der Waals surface area contributed by atoms with Crippen LogP contribution in [0.3, 0.4) is 0 Å². The van der Waals surface area contributed by atoms with Crippen molar-refractivity contribution >= 4 is 11.9 Å². The van der Waals surface area contributed by atoms with Crippen molar-refractivity contribution in [2.24, 2.45) is 11.7 Å². The maximum Gasteiger partial charge on any atom is 0.312 e. The molecule has 0 spiro atoms. The van der Waals surface area contributed by atoms with Gasteiger partial charge in [0.15, 0.2) is 0 Å². The van der Waals surface area contributed by atoms with E-state index in [0.29, 0.717) is 24.3 Å². The number of rotatable bonds is 6. The van der Waals surface area contributed by atoms with Gasteiger partial charge in [0.25, 0.3) is 0 Å². The van der Waals surface area contributed by atoms with Gasteiger partial charge in [-0.25, -0.2) is 4.79 Å². The molecule has 0 amide bonds. The fourth-order valence-corrected chi connectivity index (χ4v) is 1.30. The van der Waals surface area contributed by atoms with Gasteiger partial charge in [-0.3, -0.25) is 4.79 Å². The molecule has 0 radical (unpaired) electrons. The predicted molar refractivity (Wildman–Crippen MR) is 66.2 cm³/mol. The quantitative estimate of drug-likeness (QED) is 0.556. The van der Waals surface area contributed by atoms with Crippen molar-refractivity contribution in [1.29, 1.82) is 0 Å². The topological polar surface area (TPSA) is 78.6 Å². The molecule has 0 aromatic rings. The van der Waals surface area contributed by atoms with E-state index < -0.39 is 0 Å². The normalized spacial score (nSPS) is 15.7. The number of carbonyl (C=O) groups is 1. The molecule has 1 unspecified atom stereocenters. The minimum atomic E-state index is -0.353. The molecule has 98 valence electrons. The van der Waals surface area contributed by atoms with Crippen LogP contribution in [0.1, 0.15) is 13.3 Å². The first-order valence-corrected chi connectivity index (χ1v) is 5.79. The van der Waals surface area contributed by atoms with Crippen LogP contribution in [-0.2, 0) is 19.1 Å². The minimum Gasteiger partial charge on any atom is -0.493 e. The molecule has 1 rings (SSSR count). The second-order valence-electron chi connectivity index (χ2n) is 3.94. The van der Waals surface area contributed by atoms with Gasteiger partial charge in [-0.05, 0) is 25.2 Å². The Labute approximate surface area is 106 Å². The van der Waals surface area contributed by atoms with Crippen molar-refractivity contribution in [3.8, 4) is 0 Å². The molecule has 0 saturated carbocycles. The van der Waals surface area contributed by atoms with Crippen molar-refractivity contribution in [2.45, 2.75) is 13.3 Å². The third-order valence-electron chi connectivity index (χ3n) is 2.37. The molecule has 1 aliphatic carbocycles. The largest absolute Gasteiger partial charge is 0.493 e. The van der Waals surface area contributed by atoms with Crippen LogP contribution in [0.5, 0.6) is 0 Å². The van der Waals surface area contributed by atoms with Gasteiger partial charge in [-0.15, -0.1) is 0 Å². The molecule has 1 atom stereocenters. The van der Waals surface area contributed by atoms with Crippen LogP contribution in [0.4, 0.5) is 0 Å². The van der Waals surface area contributed by atoms with Gasteiger partial charge in [-0.1, -0.05) is 0 Å². The average Bonchev–Trinajstić information content (AvgIpc) is 2.42. The molecule has 1 aliphatic rings. The fraction of sp³-hybridized carbons (Fsp3) is 0.462. The van der Waals surface area contributed by atoms with Gasteiger partial charge in [0.05, 0.1) is 5.92 Å². The highest BCUT2D eigenvalue weighted by atomic mass is 16.5. The van der Waals surface area contributed by atoms with E-state index in [1.807, 2.05) is 5.94 Å². The summed E-state index contributed by atoms with van der Waals surface area (Å²) < 4.78 is 10.3. The zero-order valence-electron chi connectivity index (χ0n) is 10.3. The van der Waals surface area contributed by atoms with Gasteiger partial charge in [0.2, 0.25) is 0 Å². The minimum absolute atomic E-state index is 0.221. The van der Waals surface area contributed by atoms with E-state index >= 15 is 0 Å². The Kier molecular flexibility index (Phi) is 5.91. The van der Waals surface area contributed by atoms with Crippen molar-refractivity contribution in [2.75, 3.05) is 19.8 Å². The van der Waals surface area contributed by atoms with Gasteiger partial charge < -0.3 is 15.2 Å². The summed E-state index contributed by atoms with van der Waals surface area (Å²) in [5.41, 5.74) is 5.81. The molecule has 0 bridgehead atoms. The SMILES string of the molecule is CC(COC1=CCC(=C=O)C=C1)C(=O)OCCN. The van der Waals surface area contributed by atoms with Crippen molar-refractivity contribution in [3.63, 3.8) is 0 Å². The molecule has 2 N–H and O–H groups in total. The van der Waals surface area contributed by atoms with E-state index in [-0.39, 0.29) is 25.1 Å². The predicted octanol–water partition coefficient (Wildman–Crippen LogP) is 0.743. The summed E-state index contributed by atoms with van der Waals surface area (Å²) in [6.07, 6.45) is 5.61. The fourth-order valence-electron chi connectivity index (χ4n) is 1.30. The second-order valence-corrected chi connectivity index (χ2v) is 3.94. The molecular weight excluding hydrogens is 234 g/mol. The molecule has 0 saturated heterocycles. The summed E-state index contributed by atoms with van der Waals surface area (Å²) in [5.74, 6) is 1.79. The zero-order valence-corrected chi connectivity index (χ0v) is 10.3. The van der Waals surface area contributed by atoms with Crippen LogP contribution in [-0.4, -0.2) is 31.7 Å². The van der Waals surface area contributed by atoms with Crippen LogP contribution in [0.15, 0.2) is 29.6 Å². The summed E-state index contributed by atoms with van der Waals surface area (Å²) in [4.78, 5) is 21.8. The molecule has 18 heavy (non-hydrogen) atoms. The third kappa shape index (κ3) is 4.57. The summed E-state index contributed by atoms with van der Waals surface area (Å²) in [6, 6.07) is 0. The van der Waals surface area contributed by atoms with E-state index in [0.717, 1.165) is 0 Å². The van der Waals surface area contributed by atoms with E-state index in [4.69, 9.17) is 15.2 Å². The van der Waals surface area contributed by atoms with E-state index in [1.54, 1.807) is 25.2 Å². The van der Waals surface area contributed by atoms with Gasteiger partial charge in [-0.2, -0.15) is 0 Å². The lowest BCUT2D eigenvalue weighted by Crippen LogP contribution is -2.22. The highest BCUT2D eigenvalue weighted by Gasteiger charge is 2.15. The Hall–Kier alpha value is -1.84. The number of carbonyl (C=O) groups excluding carboxylic acids is 2. The first-order valence-electron chi connectivity index (χ1n) is 5.79. The molecule has 0 aromatic heterocycles. The highest BCUT2D eigenvalue weighted by molar-refractivity contribution is 5.72. The number of ether oxygens (including phenoxy) is 2. The lowest BCUT2D eigenvalue weighted by molar-refractivity contribution is -0.149. The first-order chi connectivity index (χ1) is 8.67. The molecule has 0 aromatic carbocycles. The number of hydrogen-bond donors (Lipinski definition) is 1. The Morgan fingerprint density at radius 1 is 1.56 bits per heavy atom. The second kappa shape index (κ2) is 7.48. The van der Waals surface area contributed by atoms with Crippen LogP contribution in [0.25, 0.3) is 0 Å². The zero-order chi connectivity index (χ0) is 13.4. The summed E-state index contributed by atoms with van der Waals surface area (Å²) in [6.45, 7) is 2.50. The Morgan fingerprint density at radius 3 is 2.89 bits per heavy atom. The van der Waals surface area contributed by atoms with Crippen LogP contribution >= 0.6 is 0 Å². The van der Waals surface area contributed by atoms with E-state index in [2.05, 4.69) is 0 Å². The molecule has 0 aliphatic heterocycles. The van der Waals surface area contributed by atoms with E-state index in [9.17, 15) is 9.59 Å². The first kappa shape index (κ1) is 14.2. The summed E-state index contributed by atoms with van der Waals surface area (Å²) in [5, 5.41) is 0. The van der Waals surface area contributed by atoms with Gasteiger partial charge in [0, 0.05) is 18.5 Å². The maximum absolute atomic E-state index is 11.4. The lowest BCUT2D eigenvalue weighted by atomic mass is 10.1. The molecule has 5 nitrogen and oxygen atoms in total. The molecule has 0 heterocycles. The van der Waals surface area contributed by atoms with Crippen LogP contribution in [0.2, 0.25) is 0 Å². The van der Waals surface area contributed by atoms with Crippen LogP contribution in [0, 0.1) is 5.92 Å².